The van der Waals surface area contributed by atoms with Crippen LogP contribution < -0.4 is 10.2 Å². The van der Waals surface area contributed by atoms with Crippen molar-refractivity contribution in [2.24, 2.45) is 0 Å². The number of methoxy groups -OCH3 is 1. The summed E-state index contributed by atoms with van der Waals surface area (Å²) >= 11 is 0. The topological polar surface area (TPSA) is 56.8 Å². The minimum Gasteiger partial charge on any atom is -0.488 e. The zero-order valence-corrected chi connectivity index (χ0v) is 13.1. The number of carbonyl (C=O) groups excluding carboxylic acids is 1. The highest BCUT2D eigenvalue weighted by molar-refractivity contribution is 5.93. The summed E-state index contributed by atoms with van der Waals surface area (Å²) in [6.07, 6.45) is 1.62. The Morgan fingerprint density at radius 1 is 1.04 bits per heavy atom. The molecule has 0 unspecified atom stereocenters. The first-order valence-corrected chi connectivity index (χ1v) is 7.09. The summed E-state index contributed by atoms with van der Waals surface area (Å²) in [7, 11) is 2.74. The van der Waals surface area contributed by atoms with E-state index in [1.807, 2.05) is 54.6 Å². The molecule has 1 N–H and O–H groups in total. The van der Waals surface area contributed by atoms with Crippen molar-refractivity contribution in [2.45, 2.75) is 6.61 Å². The molecule has 23 heavy (non-hydrogen) atoms. The molecule has 120 valence electrons. The third kappa shape index (κ3) is 4.86. The molecule has 0 radical (unpaired) electrons. The average molecular weight is 313 g/mol. The molecule has 5 heteroatoms. The zero-order valence-electron chi connectivity index (χ0n) is 13.1. The summed E-state index contributed by atoms with van der Waals surface area (Å²) in [6.45, 7) is 0.441. The largest absolute Gasteiger partial charge is 0.488 e. The number of para-hydroxylation sites is 1. The van der Waals surface area contributed by atoms with E-state index in [4.69, 9.17) is 14.3 Å². The monoisotopic (exact) mass is 313 g/mol. The van der Waals surface area contributed by atoms with Crippen LogP contribution in [-0.4, -0.2) is 20.2 Å². The van der Waals surface area contributed by atoms with E-state index in [2.05, 4.69) is 5.48 Å². The number of hydrogen-bond acceptors (Lipinski definition) is 5. The van der Waals surface area contributed by atoms with Gasteiger partial charge in [-0.25, -0.2) is 4.79 Å². The number of hydroxylamine groups is 1. The second-order valence-corrected chi connectivity index (χ2v) is 4.67. The molecule has 2 rings (SSSR count). The summed E-state index contributed by atoms with van der Waals surface area (Å²) in [5.41, 5.74) is 4.51. The molecular formula is C18H19NO4. The van der Waals surface area contributed by atoms with Gasteiger partial charge in [0.25, 0.3) is 0 Å². The molecule has 2 aromatic carbocycles. The molecule has 0 bridgehead atoms. The Labute approximate surface area is 135 Å². The van der Waals surface area contributed by atoms with E-state index in [0.29, 0.717) is 12.4 Å². The first kappa shape index (κ1) is 16.6. The molecule has 0 aliphatic carbocycles. The van der Waals surface area contributed by atoms with Gasteiger partial charge in [-0.1, -0.05) is 48.5 Å². The summed E-state index contributed by atoms with van der Waals surface area (Å²) in [5.74, 6) is 0.139. The lowest BCUT2D eigenvalue weighted by Crippen LogP contribution is -2.20. The van der Waals surface area contributed by atoms with E-state index in [1.54, 1.807) is 6.08 Å². The van der Waals surface area contributed by atoms with Crippen molar-refractivity contribution in [3.8, 4) is 5.75 Å². The first-order valence-electron chi connectivity index (χ1n) is 7.09. The number of benzene rings is 2. The van der Waals surface area contributed by atoms with Crippen molar-refractivity contribution < 1.29 is 19.1 Å². The summed E-state index contributed by atoms with van der Waals surface area (Å²) in [4.78, 5) is 16.5. The SMILES string of the molecule is CONC(=Cc1ccccc1OCc1ccccc1)C(=O)OC. The zero-order chi connectivity index (χ0) is 16.5. The minimum atomic E-state index is -0.523. The lowest BCUT2D eigenvalue weighted by Gasteiger charge is -2.11. The van der Waals surface area contributed by atoms with Gasteiger partial charge in [0.1, 0.15) is 18.1 Å². The van der Waals surface area contributed by atoms with E-state index in [1.165, 1.54) is 14.2 Å². The minimum absolute atomic E-state index is 0.186. The maximum Gasteiger partial charge on any atom is 0.356 e. The van der Waals surface area contributed by atoms with Crippen molar-refractivity contribution in [1.82, 2.24) is 5.48 Å². The Morgan fingerprint density at radius 2 is 1.74 bits per heavy atom. The second kappa shape index (κ2) is 8.60. The van der Waals surface area contributed by atoms with Crippen LogP contribution in [0.1, 0.15) is 11.1 Å². The molecular weight excluding hydrogens is 294 g/mol. The lowest BCUT2D eigenvalue weighted by molar-refractivity contribution is -0.137. The quantitative estimate of drug-likeness (QED) is 0.484. The smallest absolute Gasteiger partial charge is 0.356 e. The van der Waals surface area contributed by atoms with Gasteiger partial charge < -0.3 is 9.47 Å². The Hall–Kier alpha value is -2.79. The summed E-state index contributed by atoms with van der Waals surface area (Å²) in [6, 6.07) is 17.3. The number of esters is 1. The fraction of sp³-hybridized carbons (Fsp3) is 0.167. The molecule has 2 aromatic rings. The van der Waals surface area contributed by atoms with Gasteiger partial charge in [0, 0.05) is 5.56 Å². The Morgan fingerprint density at radius 3 is 2.43 bits per heavy atom. The van der Waals surface area contributed by atoms with Crippen LogP contribution in [0.5, 0.6) is 5.75 Å². The molecule has 0 aliphatic rings. The summed E-state index contributed by atoms with van der Waals surface area (Å²) < 4.78 is 10.6. The molecule has 0 aromatic heterocycles. The number of hydrogen-bond donors (Lipinski definition) is 1. The van der Waals surface area contributed by atoms with Gasteiger partial charge in [0.15, 0.2) is 0 Å². The predicted octanol–water partition coefficient (Wildman–Crippen LogP) is 2.93. The van der Waals surface area contributed by atoms with E-state index in [-0.39, 0.29) is 5.70 Å². The maximum atomic E-state index is 11.7. The Bertz CT molecular complexity index is 668. The van der Waals surface area contributed by atoms with E-state index >= 15 is 0 Å². The van der Waals surface area contributed by atoms with Crippen LogP contribution in [0.2, 0.25) is 0 Å². The van der Waals surface area contributed by atoms with Gasteiger partial charge in [-0.3, -0.25) is 10.3 Å². The standard InChI is InChI=1S/C18H19NO4/c1-21-18(20)16(19-22-2)12-15-10-6-7-11-17(15)23-13-14-8-4-3-5-9-14/h3-12,19H,13H2,1-2H3. The highest BCUT2D eigenvalue weighted by Gasteiger charge is 2.11. The fourth-order valence-electron chi connectivity index (χ4n) is 1.97. The molecule has 0 aliphatic heterocycles. The highest BCUT2D eigenvalue weighted by Crippen LogP contribution is 2.22. The van der Waals surface area contributed by atoms with Gasteiger partial charge in [-0.15, -0.1) is 0 Å². The highest BCUT2D eigenvalue weighted by atomic mass is 16.6. The first-order chi connectivity index (χ1) is 11.2. The van der Waals surface area contributed by atoms with Crippen LogP contribution in [0.25, 0.3) is 6.08 Å². The van der Waals surface area contributed by atoms with Crippen molar-refractivity contribution in [2.75, 3.05) is 14.2 Å². The van der Waals surface area contributed by atoms with E-state index in [0.717, 1.165) is 11.1 Å². The summed E-state index contributed by atoms with van der Waals surface area (Å²) in [5, 5.41) is 0. The van der Waals surface area contributed by atoms with Crippen molar-refractivity contribution in [3.05, 3.63) is 71.4 Å². The van der Waals surface area contributed by atoms with Crippen LogP contribution in [-0.2, 0) is 21.0 Å². The number of nitrogens with one attached hydrogen (secondary N) is 1. The van der Waals surface area contributed by atoms with Gasteiger partial charge in [-0.2, -0.15) is 0 Å². The van der Waals surface area contributed by atoms with Gasteiger partial charge in [0.2, 0.25) is 0 Å². The van der Waals surface area contributed by atoms with E-state index < -0.39 is 5.97 Å². The van der Waals surface area contributed by atoms with Crippen LogP contribution in [0.3, 0.4) is 0 Å². The van der Waals surface area contributed by atoms with Gasteiger partial charge >= 0.3 is 5.97 Å². The van der Waals surface area contributed by atoms with Gasteiger partial charge in [0.05, 0.1) is 14.2 Å². The molecule has 0 spiro atoms. The molecule has 0 atom stereocenters. The normalized spacial score (nSPS) is 11.0. The molecule has 0 saturated heterocycles. The average Bonchev–Trinajstić information content (AvgIpc) is 2.60. The van der Waals surface area contributed by atoms with Crippen molar-refractivity contribution >= 4 is 12.0 Å². The maximum absolute atomic E-state index is 11.7. The number of ether oxygens (including phenoxy) is 2. The molecule has 0 saturated carbocycles. The van der Waals surface area contributed by atoms with Crippen molar-refractivity contribution in [1.29, 1.82) is 0 Å². The van der Waals surface area contributed by atoms with Crippen LogP contribution in [0, 0.1) is 0 Å². The number of rotatable bonds is 7. The second-order valence-electron chi connectivity index (χ2n) is 4.67. The molecule has 0 heterocycles. The molecule has 5 nitrogen and oxygen atoms in total. The van der Waals surface area contributed by atoms with Crippen LogP contribution >= 0.6 is 0 Å². The molecule has 0 fully saturated rings. The molecule has 0 amide bonds. The fourth-order valence-corrected chi connectivity index (χ4v) is 1.97. The van der Waals surface area contributed by atoms with Crippen molar-refractivity contribution in [3.63, 3.8) is 0 Å². The number of carbonyl (C=O) groups is 1. The van der Waals surface area contributed by atoms with E-state index in [9.17, 15) is 4.79 Å². The third-order valence-electron chi connectivity index (χ3n) is 3.07. The predicted molar refractivity (Wildman–Crippen MR) is 87.4 cm³/mol. The Kier molecular flexibility index (Phi) is 6.20. The van der Waals surface area contributed by atoms with Gasteiger partial charge in [-0.05, 0) is 17.7 Å². The lowest BCUT2D eigenvalue weighted by atomic mass is 10.1. The van der Waals surface area contributed by atoms with Crippen LogP contribution in [0.4, 0.5) is 0 Å². The van der Waals surface area contributed by atoms with Crippen LogP contribution in [0.15, 0.2) is 60.3 Å². The Balaban J connectivity index is 2.20. The third-order valence-corrected chi connectivity index (χ3v) is 3.07.